The van der Waals surface area contributed by atoms with Gasteiger partial charge in [-0.15, -0.1) is 0 Å². The van der Waals surface area contributed by atoms with Gasteiger partial charge in [0.05, 0.1) is 5.60 Å². The van der Waals surface area contributed by atoms with Gasteiger partial charge < -0.3 is 14.4 Å². The molecule has 0 aliphatic rings. The highest BCUT2D eigenvalue weighted by Crippen LogP contribution is 2.09. The summed E-state index contributed by atoms with van der Waals surface area (Å²) in [5.41, 5.74) is -0.888. The van der Waals surface area contributed by atoms with Crippen molar-refractivity contribution in [2.45, 2.75) is 33.3 Å². The van der Waals surface area contributed by atoms with Crippen molar-refractivity contribution >= 4 is 12.0 Å². The van der Waals surface area contributed by atoms with Crippen LogP contribution in [0.5, 0.6) is 0 Å². The molecule has 0 saturated heterocycles. The van der Waals surface area contributed by atoms with Crippen molar-refractivity contribution in [2.75, 3.05) is 13.1 Å². The van der Waals surface area contributed by atoms with E-state index in [2.05, 4.69) is 0 Å². The van der Waals surface area contributed by atoms with Gasteiger partial charge in [-0.05, 0) is 45.9 Å². The van der Waals surface area contributed by atoms with E-state index in [1.54, 1.807) is 24.8 Å². The average molecular weight is 251 g/mol. The highest BCUT2D eigenvalue weighted by Gasteiger charge is 2.19. The minimum atomic E-state index is -0.888. The summed E-state index contributed by atoms with van der Waals surface area (Å²) >= 11 is 0. The number of aryl methyl sites for hydroxylation is 1. The Morgan fingerprint density at radius 2 is 2.17 bits per heavy atom. The molecule has 0 spiro atoms. The Balaban J connectivity index is 2.65. The van der Waals surface area contributed by atoms with E-state index in [-0.39, 0.29) is 5.91 Å². The molecule has 0 aliphatic carbocycles. The van der Waals surface area contributed by atoms with E-state index in [4.69, 9.17) is 4.42 Å². The summed E-state index contributed by atoms with van der Waals surface area (Å²) < 4.78 is 5.34. The van der Waals surface area contributed by atoms with Gasteiger partial charge in [0.25, 0.3) is 0 Å². The molecule has 1 aromatic heterocycles. The molecule has 100 valence electrons. The molecule has 0 fully saturated rings. The smallest absolute Gasteiger partial charge is 0.246 e. The van der Waals surface area contributed by atoms with Crippen LogP contribution >= 0.6 is 0 Å². The number of rotatable bonds is 5. The first-order valence-electron chi connectivity index (χ1n) is 6.07. The van der Waals surface area contributed by atoms with Gasteiger partial charge in [0.15, 0.2) is 0 Å². The summed E-state index contributed by atoms with van der Waals surface area (Å²) in [7, 11) is 0. The van der Waals surface area contributed by atoms with E-state index in [1.807, 2.05) is 26.0 Å². The molecule has 1 rings (SSSR count). The number of hydrogen-bond donors (Lipinski definition) is 1. The molecule has 1 aromatic rings. The molecule has 0 radical (unpaired) electrons. The predicted octanol–water partition coefficient (Wildman–Crippen LogP) is 2.22. The highest BCUT2D eigenvalue weighted by atomic mass is 16.3. The molecule has 1 amide bonds. The lowest BCUT2D eigenvalue weighted by Crippen LogP contribution is -2.41. The van der Waals surface area contributed by atoms with E-state index in [1.165, 1.54) is 6.08 Å². The summed E-state index contributed by atoms with van der Waals surface area (Å²) in [6.45, 7) is 7.97. The number of carbonyl (C=O) groups is 1. The zero-order chi connectivity index (χ0) is 13.8. The van der Waals surface area contributed by atoms with Crippen LogP contribution < -0.4 is 0 Å². The topological polar surface area (TPSA) is 53.7 Å². The van der Waals surface area contributed by atoms with Crippen LogP contribution in [-0.4, -0.2) is 34.6 Å². The zero-order valence-electron chi connectivity index (χ0n) is 11.4. The molecule has 18 heavy (non-hydrogen) atoms. The molecule has 4 heteroatoms. The molecule has 0 bridgehead atoms. The summed E-state index contributed by atoms with van der Waals surface area (Å²) in [5, 5.41) is 9.72. The van der Waals surface area contributed by atoms with Gasteiger partial charge in [-0.2, -0.15) is 0 Å². The van der Waals surface area contributed by atoms with Gasteiger partial charge >= 0.3 is 0 Å². The van der Waals surface area contributed by atoms with E-state index < -0.39 is 5.60 Å². The Morgan fingerprint density at radius 3 is 2.61 bits per heavy atom. The molecule has 4 nitrogen and oxygen atoms in total. The fourth-order valence-electron chi connectivity index (χ4n) is 1.61. The van der Waals surface area contributed by atoms with Crippen LogP contribution in [0.15, 0.2) is 22.6 Å². The van der Waals surface area contributed by atoms with Crippen molar-refractivity contribution in [3.8, 4) is 0 Å². The van der Waals surface area contributed by atoms with Crippen LogP contribution in [0.3, 0.4) is 0 Å². The summed E-state index contributed by atoms with van der Waals surface area (Å²) in [4.78, 5) is 13.5. The number of furan rings is 1. The Bertz CT molecular complexity index is 426. The first-order valence-corrected chi connectivity index (χ1v) is 6.07. The largest absolute Gasteiger partial charge is 0.462 e. The number of amides is 1. The van der Waals surface area contributed by atoms with Crippen molar-refractivity contribution in [2.24, 2.45) is 0 Å². The Hall–Kier alpha value is -1.55. The van der Waals surface area contributed by atoms with Crippen molar-refractivity contribution in [1.82, 2.24) is 4.90 Å². The third-order valence-corrected chi connectivity index (χ3v) is 2.42. The van der Waals surface area contributed by atoms with Gasteiger partial charge in [-0.1, -0.05) is 0 Å². The van der Waals surface area contributed by atoms with Gasteiger partial charge in [-0.3, -0.25) is 4.79 Å². The van der Waals surface area contributed by atoms with Crippen LogP contribution in [0.1, 0.15) is 32.3 Å². The molecule has 0 aromatic carbocycles. The molecular formula is C14H21NO3. The first-order chi connectivity index (χ1) is 8.31. The van der Waals surface area contributed by atoms with Gasteiger partial charge in [-0.25, -0.2) is 0 Å². The normalized spacial score (nSPS) is 12.1. The van der Waals surface area contributed by atoms with Crippen molar-refractivity contribution in [1.29, 1.82) is 0 Å². The lowest BCUT2D eigenvalue weighted by Gasteiger charge is -2.27. The van der Waals surface area contributed by atoms with Crippen molar-refractivity contribution in [3.63, 3.8) is 0 Å². The van der Waals surface area contributed by atoms with E-state index in [0.717, 1.165) is 5.76 Å². The minimum Gasteiger partial charge on any atom is -0.462 e. The minimum absolute atomic E-state index is 0.131. The number of aliphatic hydroxyl groups is 1. The Labute approximate surface area is 108 Å². The predicted molar refractivity (Wildman–Crippen MR) is 71.0 cm³/mol. The molecule has 0 aliphatic heterocycles. The van der Waals surface area contributed by atoms with Gasteiger partial charge in [0.2, 0.25) is 5.91 Å². The van der Waals surface area contributed by atoms with Gasteiger partial charge in [0.1, 0.15) is 11.5 Å². The third-order valence-electron chi connectivity index (χ3n) is 2.42. The molecule has 0 unspecified atom stereocenters. The molecule has 0 saturated carbocycles. The Kier molecular flexibility index (Phi) is 4.73. The van der Waals surface area contributed by atoms with E-state index >= 15 is 0 Å². The number of nitrogens with zero attached hydrogens (tertiary/aromatic N) is 1. The number of carbonyl (C=O) groups excluding carboxylic acids is 1. The standard InChI is InChI=1S/C14H21NO3/c1-5-15(10-14(3,4)17)13(16)9-8-12-7-6-11(2)18-12/h6-9,17H,5,10H2,1-4H3/b9-8-. The van der Waals surface area contributed by atoms with Crippen LogP contribution in [0, 0.1) is 6.92 Å². The second kappa shape index (κ2) is 5.87. The maximum Gasteiger partial charge on any atom is 0.246 e. The second-order valence-electron chi connectivity index (χ2n) is 4.95. The lowest BCUT2D eigenvalue weighted by molar-refractivity contribution is -0.128. The fourth-order valence-corrected chi connectivity index (χ4v) is 1.61. The van der Waals surface area contributed by atoms with E-state index in [9.17, 15) is 9.90 Å². The molecule has 1 N–H and O–H groups in total. The maximum atomic E-state index is 11.9. The fraction of sp³-hybridized carbons (Fsp3) is 0.500. The van der Waals surface area contributed by atoms with Crippen molar-refractivity contribution in [3.05, 3.63) is 29.7 Å². The third kappa shape index (κ3) is 4.75. The zero-order valence-corrected chi connectivity index (χ0v) is 11.4. The van der Waals surface area contributed by atoms with E-state index in [0.29, 0.717) is 18.8 Å². The number of likely N-dealkylation sites (N-methyl/N-ethyl adjacent to an activating group) is 1. The SMILES string of the molecule is CCN(CC(C)(C)O)C(=O)/C=C\c1ccc(C)o1. The van der Waals surface area contributed by atoms with Crippen LogP contribution in [0.2, 0.25) is 0 Å². The summed E-state index contributed by atoms with van der Waals surface area (Å²) in [6, 6.07) is 3.66. The first kappa shape index (κ1) is 14.5. The van der Waals surface area contributed by atoms with Crippen LogP contribution in [-0.2, 0) is 4.79 Å². The van der Waals surface area contributed by atoms with Gasteiger partial charge in [0, 0.05) is 19.2 Å². The number of hydrogen-bond acceptors (Lipinski definition) is 3. The van der Waals surface area contributed by atoms with Crippen molar-refractivity contribution < 1.29 is 14.3 Å². The summed E-state index contributed by atoms with van der Waals surface area (Å²) in [5.74, 6) is 1.33. The molecule has 1 heterocycles. The quantitative estimate of drug-likeness (QED) is 0.816. The van der Waals surface area contributed by atoms with Crippen LogP contribution in [0.25, 0.3) is 6.08 Å². The highest BCUT2D eigenvalue weighted by molar-refractivity contribution is 5.91. The molecule has 0 atom stereocenters. The summed E-state index contributed by atoms with van der Waals surface area (Å²) in [6.07, 6.45) is 3.11. The average Bonchev–Trinajstić information content (AvgIpc) is 2.67. The lowest BCUT2D eigenvalue weighted by atomic mass is 10.1. The second-order valence-corrected chi connectivity index (χ2v) is 4.95. The molecular weight excluding hydrogens is 230 g/mol. The monoisotopic (exact) mass is 251 g/mol. The maximum absolute atomic E-state index is 11.9. The Morgan fingerprint density at radius 1 is 1.50 bits per heavy atom. The van der Waals surface area contributed by atoms with Crippen LogP contribution in [0.4, 0.5) is 0 Å².